The fraction of sp³-hybridized carbons (Fsp3) is 0.125. The van der Waals surface area contributed by atoms with Crippen molar-refractivity contribution in [3.05, 3.63) is 36.8 Å². The summed E-state index contributed by atoms with van der Waals surface area (Å²) in [4.78, 5) is 3.90. The molecule has 0 aliphatic carbocycles. The topological polar surface area (TPSA) is 21.6 Å². The van der Waals surface area contributed by atoms with Gasteiger partial charge in [-0.3, -0.25) is 0 Å². The Kier molecular flexibility index (Phi) is 2.05. The lowest BCUT2D eigenvalue weighted by atomic mass is 10.3. The lowest BCUT2D eigenvalue weighted by Gasteiger charge is -1.93. The summed E-state index contributed by atoms with van der Waals surface area (Å²) in [6.45, 7) is 5.41. The molecule has 0 saturated heterocycles. The van der Waals surface area contributed by atoms with Gasteiger partial charge < -0.3 is 4.74 Å². The van der Waals surface area contributed by atoms with Crippen molar-refractivity contribution >= 4 is 5.90 Å². The van der Waals surface area contributed by atoms with Crippen LogP contribution in [0.3, 0.4) is 0 Å². The predicted molar refractivity (Wildman–Crippen MR) is 41.6 cm³/mol. The highest BCUT2D eigenvalue weighted by atomic mass is 16.5. The summed E-state index contributed by atoms with van der Waals surface area (Å²) in [5.74, 6) is 0.623. The van der Waals surface area contributed by atoms with Crippen molar-refractivity contribution < 1.29 is 4.74 Å². The average Bonchev–Trinajstić information content (AvgIpc) is 2.36. The largest absolute Gasteiger partial charge is 0.446 e. The van der Waals surface area contributed by atoms with Crippen LogP contribution >= 0.6 is 0 Å². The van der Waals surface area contributed by atoms with E-state index in [1.54, 1.807) is 6.26 Å². The van der Waals surface area contributed by atoms with E-state index in [1.165, 1.54) is 6.20 Å². The highest BCUT2D eigenvalue weighted by molar-refractivity contribution is 5.98. The van der Waals surface area contributed by atoms with Crippen LogP contribution in [0.1, 0.15) is 6.92 Å². The zero-order chi connectivity index (χ0) is 7.40. The van der Waals surface area contributed by atoms with Crippen molar-refractivity contribution in [2.45, 2.75) is 6.92 Å². The summed E-state index contributed by atoms with van der Waals surface area (Å²) in [5, 5.41) is 0. The lowest BCUT2D eigenvalue weighted by molar-refractivity contribution is 0.487. The van der Waals surface area contributed by atoms with Crippen LogP contribution in [-0.2, 0) is 4.74 Å². The third-order valence-corrected chi connectivity index (χ3v) is 1.19. The summed E-state index contributed by atoms with van der Waals surface area (Å²) in [6.07, 6.45) is 6.87. The fourth-order valence-electron chi connectivity index (χ4n) is 0.719. The summed E-state index contributed by atoms with van der Waals surface area (Å²) < 4.78 is 5.03. The number of hydrogen-bond donors (Lipinski definition) is 0. The quantitative estimate of drug-likeness (QED) is 0.539. The summed E-state index contributed by atoms with van der Waals surface area (Å²) in [6, 6.07) is 0. The molecule has 0 radical (unpaired) electrons. The van der Waals surface area contributed by atoms with E-state index < -0.39 is 0 Å². The summed E-state index contributed by atoms with van der Waals surface area (Å²) >= 11 is 0. The number of ether oxygens (including phenoxy) is 1. The summed E-state index contributed by atoms with van der Waals surface area (Å²) in [5.41, 5.74) is 1.000. The molecule has 10 heavy (non-hydrogen) atoms. The monoisotopic (exact) mass is 135 g/mol. The molecule has 0 bridgehead atoms. The Morgan fingerprint density at radius 1 is 1.70 bits per heavy atom. The highest BCUT2D eigenvalue weighted by Gasteiger charge is 2.07. The van der Waals surface area contributed by atoms with Crippen LogP contribution in [0.2, 0.25) is 0 Å². The Bertz CT molecular complexity index is 223. The van der Waals surface area contributed by atoms with E-state index in [0.717, 1.165) is 5.57 Å². The van der Waals surface area contributed by atoms with Crippen molar-refractivity contribution in [2.75, 3.05) is 0 Å². The second-order valence-corrected chi connectivity index (χ2v) is 1.78. The highest BCUT2D eigenvalue weighted by Crippen LogP contribution is 2.10. The number of nitrogens with zero attached hydrogens (tertiary/aromatic N) is 1. The minimum atomic E-state index is 0.623. The third kappa shape index (κ3) is 1.16. The van der Waals surface area contributed by atoms with Gasteiger partial charge in [0.05, 0.1) is 6.26 Å². The molecule has 0 unspecified atom stereocenters. The minimum absolute atomic E-state index is 0.623. The van der Waals surface area contributed by atoms with Crippen molar-refractivity contribution in [2.24, 2.45) is 4.99 Å². The van der Waals surface area contributed by atoms with Crippen LogP contribution in [-0.4, -0.2) is 5.90 Å². The molecule has 0 N–H and O–H groups in total. The van der Waals surface area contributed by atoms with Gasteiger partial charge in [-0.1, -0.05) is 12.7 Å². The average molecular weight is 135 g/mol. The first-order valence-corrected chi connectivity index (χ1v) is 3.07. The van der Waals surface area contributed by atoms with Gasteiger partial charge in [0.2, 0.25) is 5.90 Å². The first-order chi connectivity index (χ1) is 4.88. The molecule has 1 rings (SSSR count). The Morgan fingerprint density at radius 3 is 3.10 bits per heavy atom. The van der Waals surface area contributed by atoms with Gasteiger partial charge in [0, 0.05) is 11.8 Å². The molecule has 52 valence electrons. The molecule has 0 amide bonds. The van der Waals surface area contributed by atoms with E-state index in [9.17, 15) is 0 Å². The zero-order valence-corrected chi connectivity index (χ0v) is 5.87. The number of hydrogen-bond acceptors (Lipinski definition) is 2. The lowest BCUT2D eigenvalue weighted by Crippen LogP contribution is -1.94. The standard InChI is InChI=1S/C8H9NO/c1-3-7-5-6-10-8(7)9-4-2/h3-6H,2H2,1H3/b7-3-,9-8?. The number of rotatable bonds is 1. The van der Waals surface area contributed by atoms with Crippen molar-refractivity contribution in [3.8, 4) is 0 Å². The molecule has 2 heteroatoms. The smallest absolute Gasteiger partial charge is 0.225 e. The van der Waals surface area contributed by atoms with Crippen LogP contribution < -0.4 is 0 Å². The van der Waals surface area contributed by atoms with E-state index in [2.05, 4.69) is 11.6 Å². The zero-order valence-electron chi connectivity index (χ0n) is 5.87. The van der Waals surface area contributed by atoms with E-state index >= 15 is 0 Å². The van der Waals surface area contributed by atoms with Crippen LogP contribution in [0.25, 0.3) is 0 Å². The Balaban J connectivity index is 2.84. The van der Waals surface area contributed by atoms with Crippen LogP contribution in [0.15, 0.2) is 41.8 Å². The van der Waals surface area contributed by atoms with Gasteiger partial charge >= 0.3 is 0 Å². The first kappa shape index (κ1) is 6.81. The molecule has 0 atom stereocenters. The van der Waals surface area contributed by atoms with Gasteiger partial charge in [0.15, 0.2) is 0 Å². The molecular formula is C8H9NO. The van der Waals surface area contributed by atoms with Gasteiger partial charge in [0.25, 0.3) is 0 Å². The maximum Gasteiger partial charge on any atom is 0.225 e. The molecule has 1 aliphatic heterocycles. The molecule has 0 fully saturated rings. The predicted octanol–water partition coefficient (Wildman–Crippen LogP) is 2.02. The number of aliphatic imine (C=N–C) groups is 1. The molecule has 1 aliphatic rings. The van der Waals surface area contributed by atoms with Crippen molar-refractivity contribution in [1.29, 1.82) is 0 Å². The maximum absolute atomic E-state index is 5.03. The molecule has 1 heterocycles. The molecule has 2 nitrogen and oxygen atoms in total. The van der Waals surface area contributed by atoms with E-state index in [0.29, 0.717) is 5.90 Å². The summed E-state index contributed by atoms with van der Waals surface area (Å²) in [7, 11) is 0. The Labute approximate surface area is 60.2 Å². The second-order valence-electron chi connectivity index (χ2n) is 1.78. The Morgan fingerprint density at radius 2 is 2.50 bits per heavy atom. The van der Waals surface area contributed by atoms with E-state index in [4.69, 9.17) is 4.74 Å². The van der Waals surface area contributed by atoms with Crippen molar-refractivity contribution in [3.63, 3.8) is 0 Å². The van der Waals surface area contributed by atoms with Gasteiger partial charge in [-0.2, -0.15) is 0 Å². The molecule has 0 spiro atoms. The van der Waals surface area contributed by atoms with Gasteiger partial charge in [-0.15, -0.1) is 0 Å². The number of allylic oxidation sites excluding steroid dienone is 1. The van der Waals surface area contributed by atoms with Crippen LogP contribution in [0.4, 0.5) is 0 Å². The molecule has 0 saturated carbocycles. The molecular weight excluding hydrogens is 126 g/mol. The van der Waals surface area contributed by atoms with Gasteiger partial charge in [0.1, 0.15) is 0 Å². The SMILES string of the molecule is C=CN=C1OC=C/C1=C/C. The van der Waals surface area contributed by atoms with Crippen LogP contribution in [0.5, 0.6) is 0 Å². The molecule has 0 aromatic heterocycles. The maximum atomic E-state index is 5.03. The van der Waals surface area contributed by atoms with Gasteiger partial charge in [-0.05, 0) is 13.0 Å². The second kappa shape index (κ2) is 3.01. The van der Waals surface area contributed by atoms with Gasteiger partial charge in [-0.25, -0.2) is 4.99 Å². The van der Waals surface area contributed by atoms with E-state index in [1.807, 2.05) is 19.1 Å². The first-order valence-electron chi connectivity index (χ1n) is 3.07. The minimum Gasteiger partial charge on any atom is -0.446 e. The fourth-order valence-corrected chi connectivity index (χ4v) is 0.719. The normalized spacial score (nSPS) is 23.7. The molecule has 0 aromatic rings. The van der Waals surface area contributed by atoms with E-state index in [-0.39, 0.29) is 0 Å². The van der Waals surface area contributed by atoms with Crippen LogP contribution in [0, 0.1) is 0 Å². The third-order valence-electron chi connectivity index (χ3n) is 1.19. The Hall–Kier alpha value is -1.31. The van der Waals surface area contributed by atoms with Crippen molar-refractivity contribution in [1.82, 2.24) is 0 Å². The molecule has 0 aromatic carbocycles.